The molecule has 0 aliphatic rings. The van der Waals surface area contributed by atoms with Gasteiger partial charge in [-0.1, -0.05) is 23.7 Å². The van der Waals surface area contributed by atoms with E-state index in [1.54, 1.807) is 28.1 Å². The average Bonchev–Trinajstić information content (AvgIpc) is 3.13. The lowest BCUT2D eigenvalue weighted by Crippen LogP contribution is -2.10. The number of carbonyl (C=O) groups excluding carboxylic acids is 1. The standard InChI is InChI=1S/C17H13ClN4O2/c1-2-24-16(23)15-20-22(12-9-7-11(18)8-10-12)17-19-13-5-3-4-6-14(13)21(15)17/h3-10H,2H2,1H3. The monoisotopic (exact) mass is 340 g/mol. The first kappa shape index (κ1) is 14.7. The van der Waals surface area contributed by atoms with Crippen molar-refractivity contribution in [2.24, 2.45) is 0 Å². The molecule has 0 saturated carbocycles. The van der Waals surface area contributed by atoms with Gasteiger partial charge in [-0.15, -0.1) is 5.10 Å². The molecule has 4 rings (SSSR count). The minimum Gasteiger partial charge on any atom is -0.460 e. The van der Waals surface area contributed by atoms with Crippen molar-refractivity contribution in [2.45, 2.75) is 6.92 Å². The lowest BCUT2D eigenvalue weighted by molar-refractivity contribution is 0.0510. The Labute approximate surface area is 142 Å². The van der Waals surface area contributed by atoms with Gasteiger partial charge >= 0.3 is 5.97 Å². The van der Waals surface area contributed by atoms with Crippen molar-refractivity contribution < 1.29 is 9.53 Å². The third kappa shape index (κ3) is 2.23. The second-order valence-corrected chi connectivity index (χ2v) is 5.60. The molecular weight excluding hydrogens is 328 g/mol. The van der Waals surface area contributed by atoms with Gasteiger partial charge in [0.1, 0.15) is 0 Å². The fourth-order valence-corrected chi connectivity index (χ4v) is 2.76. The van der Waals surface area contributed by atoms with Crippen LogP contribution in [0.3, 0.4) is 0 Å². The molecule has 0 spiro atoms. The number of nitrogens with zero attached hydrogens (tertiary/aromatic N) is 4. The van der Waals surface area contributed by atoms with Crippen LogP contribution in [0.5, 0.6) is 0 Å². The van der Waals surface area contributed by atoms with E-state index in [4.69, 9.17) is 16.3 Å². The molecule has 4 aromatic rings. The molecule has 0 unspecified atom stereocenters. The number of esters is 1. The van der Waals surface area contributed by atoms with Gasteiger partial charge in [-0.3, -0.25) is 4.40 Å². The topological polar surface area (TPSA) is 61.4 Å². The number of imidazole rings is 1. The lowest BCUT2D eigenvalue weighted by Gasteiger charge is -2.00. The highest BCUT2D eigenvalue weighted by Crippen LogP contribution is 2.22. The summed E-state index contributed by atoms with van der Waals surface area (Å²) in [5.74, 6) is 0.246. The number of fused-ring (bicyclic) bond motifs is 3. The number of para-hydroxylation sites is 2. The normalized spacial score (nSPS) is 11.2. The maximum atomic E-state index is 12.3. The van der Waals surface area contributed by atoms with E-state index in [9.17, 15) is 4.79 Å². The van der Waals surface area contributed by atoms with Crippen LogP contribution < -0.4 is 0 Å². The molecule has 0 amide bonds. The van der Waals surface area contributed by atoms with Crippen LogP contribution >= 0.6 is 11.6 Å². The van der Waals surface area contributed by atoms with Crippen LogP contribution in [0, 0.1) is 0 Å². The number of rotatable bonds is 3. The molecule has 0 saturated heterocycles. The number of aromatic nitrogens is 4. The summed E-state index contributed by atoms with van der Waals surface area (Å²) in [5, 5.41) is 5.04. The molecule has 2 heterocycles. The van der Waals surface area contributed by atoms with E-state index in [0.717, 1.165) is 16.7 Å². The third-order valence-electron chi connectivity index (χ3n) is 3.67. The maximum Gasteiger partial charge on any atom is 0.376 e. The minimum atomic E-state index is -0.488. The van der Waals surface area contributed by atoms with Crippen LogP contribution in [-0.2, 0) is 4.74 Å². The summed E-state index contributed by atoms with van der Waals surface area (Å²) in [5.41, 5.74) is 2.34. The van der Waals surface area contributed by atoms with Crippen molar-refractivity contribution in [3.8, 4) is 5.69 Å². The zero-order chi connectivity index (χ0) is 16.7. The molecule has 6 nitrogen and oxygen atoms in total. The molecule has 0 atom stereocenters. The molecule has 2 aromatic heterocycles. The van der Waals surface area contributed by atoms with E-state index in [2.05, 4.69) is 10.1 Å². The second kappa shape index (κ2) is 5.65. The quantitative estimate of drug-likeness (QED) is 0.535. The molecule has 7 heteroatoms. The number of halogens is 1. The van der Waals surface area contributed by atoms with Gasteiger partial charge in [0.15, 0.2) is 0 Å². The first-order chi connectivity index (χ1) is 11.7. The number of ether oxygens (including phenoxy) is 1. The predicted molar refractivity (Wildman–Crippen MR) is 90.8 cm³/mol. The summed E-state index contributed by atoms with van der Waals surface area (Å²) in [6.07, 6.45) is 0. The van der Waals surface area contributed by atoms with Crippen molar-refractivity contribution in [1.29, 1.82) is 0 Å². The Hall–Kier alpha value is -2.86. The highest BCUT2D eigenvalue weighted by atomic mass is 35.5. The maximum absolute atomic E-state index is 12.3. The molecule has 0 bridgehead atoms. The van der Waals surface area contributed by atoms with E-state index < -0.39 is 5.97 Å². The molecule has 0 N–H and O–H groups in total. The molecular formula is C17H13ClN4O2. The largest absolute Gasteiger partial charge is 0.460 e. The number of hydrogen-bond donors (Lipinski definition) is 0. The Kier molecular flexibility index (Phi) is 3.46. The van der Waals surface area contributed by atoms with Gasteiger partial charge in [-0.2, -0.15) is 4.68 Å². The van der Waals surface area contributed by atoms with Crippen molar-refractivity contribution in [1.82, 2.24) is 19.2 Å². The lowest BCUT2D eigenvalue weighted by atomic mass is 10.3. The summed E-state index contributed by atoms with van der Waals surface area (Å²) in [6.45, 7) is 2.04. The van der Waals surface area contributed by atoms with Crippen molar-refractivity contribution in [3.05, 3.63) is 59.4 Å². The van der Waals surface area contributed by atoms with E-state index in [-0.39, 0.29) is 12.4 Å². The Morgan fingerprint density at radius 2 is 1.92 bits per heavy atom. The summed E-state index contributed by atoms with van der Waals surface area (Å²) in [4.78, 5) is 16.9. The van der Waals surface area contributed by atoms with Crippen LogP contribution in [0.25, 0.3) is 22.5 Å². The van der Waals surface area contributed by atoms with Gasteiger partial charge in [0.25, 0.3) is 0 Å². The summed E-state index contributed by atoms with van der Waals surface area (Å²) in [6, 6.07) is 14.8. The molecule has 2 aromatic carbocycles. The number of carbonyl (C=O) groups is 1. The summed E-state index contributed by atoms with van der Waals surface area (Å²) < 4.78 is 8.46. The molecule has 0 aliphatic heterocycles. The van der Waals surface area contributed by atoms with Gasteiger partial charge in [-0.05, 0) is 43.3 Å². The highest BCUT2D eigenvalue weighted by Gasteiger charge is 2.22. The average molecular weight is 341 g/mol. The molecule has 0 aliphatic carbocycles. The Balaban J connectivity index is 2.03. The van der Waals surface area contributed by atoms with Crippen LogP contribution in [0.2, 0.25) is 5.02 Å². The first-order valence-electron chi connectivity index (χ1n) is 7.48. The smallest absolute Gasteiger partial charge is 0.376 e. The fraction of sp³-hybridized carbons (Fsp3) is 0.118. The third-order valence-corrected chi connectivity index (χ3v) is 3.92. The number of hydrogen-bond acceptors (Lipinski definition) is 4. The molecule has 24 heavy (non-hydrogen) atoms. The Bertz CT molecular complexity index is 1050. The van der Waals surface area contributed by atoms with Crippen LogP contribution in [0.4, 0.5) is 0 Å². The summed E-state index contributed by atoms with van der Waals surface area (Å²) in [7, 11) is 0. The fourth-order valence-electron chi connectivity index (χ4n) is 2.63. The van der Waals surface area contributed by atoms with Gasteiger partial charge in [-0.25, -0.2) is 9.78 Å². The van der Waals surface area contributed by atoms with Gasteiger partial charge < -0.3 is 4.74 Å². The van der Waals surface area contributed by atoms with Crippen LogP contribution in [0.1, 0.15) is 17.5 Å². The zero-order valence-corrected chi connectivity index (χ0v) is 13.6. The van der Waals surface area contributed by atoms with Crippen LogP contribution in [-0.4, -0.2) is 31.7 Å². The number of benzene rings is 2. The van der Waals surface area contributed by atoms with Crippen molar-refractivity contribution in [2.75, 3.05) is 6.61 Å². The molecule has 120 valence electrons. The SMILES string of the molecule is CCOC(=O)c1nn(-c2ccc(Cl)cc2)c2nc3ccccc3n12. The van der Waals surface area contributed by atoms with Crippen LogP contribution in [0.15, 0.2) is 48.5 Å². The first-order valence-corrected chi connectivity index (χ1v) is 7.86. The minimum absolute atomic E-state index is 0.190. The predicted octanol–water partition coefficient (Wildman–Crippen LogP) is 3.50. The van der Waals surface area contributed by atoms with E-state index >= 15 is 0 Å². The zero-order valence-electron chi connectivity index (χ0n) is 12.8. The van der Waals surface area contributed by atoms with Crippen molar-refractivity contribution in [3.63, 3.8) is 0 Å². The summed E-state index contributed by atoms with van der Waals surface area (Å²) >= 11 is 5.95. The van der Waals surface area contributed by atoms with Gasteiger partial charge in [0, 0.05) is 5.02 Å². The Morgan fingerprint density at radius 1 is 1.17 bits per heavy atom. The van der Waals surface area contributed by atoms with E-state index in [1.807, 2.05) is 36.4 Å². The van der Waals surface area contributed by atoms with E-state index in [0.29, 0.717) is 10.8 Å². The van der Waals surface area contributed by atoms with Gasteiger partial charge in [0.05, 0.1) is 23.3 Å². The Morgan fingerprint density at radius 3 is 2.67 bits per heavy atom. The molecule has 0 radical (unpaired) electrons. The van der Waals surface area contributed by atoms with E-state index in [1.165, 1.54) is 0 Å². The van der Waals surface area contributed by atoms with Gasteiger partial charge in [0.2, 0.25) is 11.6 Å². The van der Waals surface area contributed by atoms with Crippen molar-refractivity contribution >= 4 is 34.4 Å². The second-order valence-electron chi connectivity index (χ2n) is 5.17. The molecule has 0 fully saturated rings. The highest BCUT2D eigenvalue weighted by molar-refractivity contribution is 6.30.